The van der Waals surface area contributed by atoms with Gasteiger partial charge < -0.3 is 5.11 Å². The average Bonchev–Trinajstić information content (AvgIpc) is 2.15. The predicted octanol–water partition coefficient (Wildman–Crippen LogP) is 2.02. The molecule has 0 fully saturated rings. The first-order valence-corrected chi connectivity index (χ1v) is 5.33. The molecule has 0 aliphatic heterocycles. The van der Waals surface area contributed by atoms with Crippen molar-refractivity contribution in [2.75, 3.05) is 0 Å². The zero-order valence-electron chi connectivity index (χ0n) is 8.45. The van der Waals surface area contributed by atoms with Crippen LogP contribution in [0, 0.1) is 0 Å². The Morgan fingerprint density at radius 1 is 1.50 bits per heavy atom. The quantitative estimate of drug-likeness (QED) is 0.612. The van der Waals surface area contributed by atoms with Crippen molar-refractivity contribution in [3.8, 4) is 0 Å². The zero-order valence-corrected chi connectivity index (χ0v) is 9.60. The van der Waals surface area contributed by atoms with Crippen LogP contribution in [0.1, 0.15) is 29.8 Å². The fourth-order valence-electron chi connectivity index (χ4n) is 1.19. The summed E-state index contributed by atoms with van der Waals surface area (Å²) in [6, 6.07) is 7.32. The third-order valence-corrected chi connectivity index (χ3v) is 2.45. The molecule has 0 radical (unpaired) electrons. The lowest BCUT2D eigenvalue weighted by Gasteiger charge is -2.15. The van der Waals surface area contributed by atoms with Gasteiger partial charge in [0, 0.05) is 5.56 Å². The van der Waals surface area contributed by atoms with Crippen LogP contribution < -0.4 is 0 Å². The van der Waals surface area contributed by atoms with Crippen LogP contribution in [0.4, 0.5) is 0 Å². The molecule has 0 aromatic heterocycles. The summed E-state index contributed by atoms with van der Waals surface area (Å²) < 4.78 is 0. The molecule has 1 aromatic carbocycles. The van der Waals surface area contributed by atoms with Crippen molar-refractivity contribution in [3.63, 3.8) is 0 Å². The Hall–Kier alpha value is -0.720. The van der Waals surface area contributed by atoms with E-state index < -0.39 is 5.60 Å². The normalized spacial score (nSPS) is 11.4. The van der Waals surface area contributed by atoms with Crippen LogP contribution in [0.25, 0.3) is 0 Å². The second-order valence-electron chi connectivity index (χ2n) is 3.79. The molecule has 1 N–H and O–H groups in total. The standard InChI is InChI=1S/C11H15O2P/c1-11(2,13)10(12)9-5-3-4-8(6-9)7-14/h3-6,13H,7,14H2,1-2H3. The van der Waals surface area contributed by atoms with Crippen molar-refractivity contribution in [1.82, 2.24) is 0 Å². The SMILES string of the molecule is CC(C)(O)C(=O)c1cccc(CP)c1. The summed E-state index contributed by atoms with van der Waals surface area (Å²) in [4.78, 5) is 11.7. The first-order valence-electron chi connectivity index (χ1n) is 4.51. The molecule has 1 unspecified atom stereocenters. The van der Waals surface area contributed by atoms with Crippen LogP contribution in [0.5, 0.6) is 0 Å². The van der Waals surface area contributed by atoms with Gasteiger partial charge in [-0.05, 0) is 31.6 Å². The van der Waals surface area contributed by atoms with Gasteiger partial charge in [-0.15, -0.1) is 9.24 Å². The molecule has 0 amide bonds. The number of hydrogen-bond donors (Lipinski definition) is 1. The van der Waals surface area contributed by atoms with E-state index in [4.69, 9.17) is 0 Å². The van der Waals surface area contributed by atoms with Gasteiger partial charge in [0.05, 0.1) is 0 Å². The Balaban J connectivity index is 3.02. The number of rotatable bonds is 3. The summed E-state index contributed by atoms with van der Waals surface area (Å²) in [5.41, 5.74) is 0.349. The van der Waals surface area contributed by atoms with Crippen LogP contribution in [0.2, 0.25) is 0 Å². The number of benzene rings is 1. The van der Waals surface area contributed by atoms with E-state index in [1.807, 2.05) is 18.2 Å². The molecule has 0 heterocycles. The number of carbonyl (C=O) groups is 1. The van der Waals surface area contributed by atoms with Crippen LogP contribution in [-0.4, -0.2) is 16.5 Å². The average molecular weight is 210 g/mol. The van der Waals surface area contributed by atoms with E-state index in [1.54, 1.807) is 6.07 Å². The van der Waals surface area contributed by atoms with E-state index in [2.05, 4.69) is 9.24 Å². The smallest absolute Gasteiger partial charge is 0.193 e. The fraction of sp³-hybridized carbons (Fsp3) is 0.364. The highest BCUT2D eigenvalue weighted by atomic mass is 31.0. The molecule has 0 aliphatic rings. The molecule has 1 atom stereocenters. The van der Waals surface area contributed by atoms with E-state index in [-0.39, 0.29) is 5.78 Å². The molecular formula is C11H15O2P. The Kier molecular flexibility index (Phi) is 3.41. The Labute approximate surface area is 86.5 Å². The van der Waals surface area contributed by atoms with Gasteiger partial charge in [-0.1, -0.05) is 18.2 Å². The molecule has 0 spiro atoms. The second kappa shape index (κ2) is 4.20. The summed E-state index contributed by atoms with van der Waals surface area (Å²) in [6.45, 7) is 3.01. The van der Waals surface area contributed by atoms with E-state index in [0.717, 1.165) is 11.7 Å². The molecule has 76 valence electrons. The van der Waals surface area contributed by atoms with Gasteiger partial charge in [0.1, 0.15) is 5.60 Å². The lowest BCUT2D eigenvalue weighted by atomic mass is 9.96. The highest BCUT2D eigenvalue weighted by Crippen LogP contribution is 2.15. The Morgan fingerprint density at radius 2 is 2.14 bits per heavy atom. The van der Waals surface area contributed by atoms with Gasteiger partial charge in [0.25, 0.3) is 0 Å². The third kappa shape index (κ3) is 2.63. The molecule has 3 heteroatoms. The van der Waals surface area contributed by atoms with Gasteiger partial charge in [-0.25, -0.2) is 0 Å². The molecule has 0 bridgehead atoms. The van der Waals surface area contributed by atoms with Gasteiger partial charge in [0.15, 0.2) is 5.78 Å². The predicted molar refractivity (Wildman–Crippen MR) is 60.5 cm³/mol. The number of ketones is 1. The maximum absolute atomic E-state index is 11.7. The third-order valence-electron chi connectivity index (χ3n) is 1.98. The van der Waals surface area contributed by atoms with Crippen molar-refractivity contribution < 1.29 is 9.90 Å². The molecule has 0 saturated carbocycles. The topological polar surface area (TPSA) is 37.3 Å². The summed E-state index contributed by atoms with van der Waals surface area (Å²) >= 11 is 0. The van der Waals surface area contributed by atoms with E-state index >= 15 is 0 Å². The minimum Gasteiger partial charge on any atom is -0.382 e. The number of hydrogen-bond acceptors (Lipinski definition) is 2. The summed E-state index contributed by atoms with van der Waals surface area (Å²) in [6.07, 6.45) is 0.812. The van der Waals surface area contributed by atoms with E-state index in [0.29, 0.717) is 5.56 Å². The van der Waals surface area contributed by atoms with E-state index in [9.17, 15) is 9.90 Å². The monoisotopic (exact) mass is 210 g/mol. The first kappa shape index (κ1) is 11.4. The fourth-order valence-corrected chi connectivity index (χ4v) is 1.45. The summed E-state index contributed by atoms with van der Waals surface area (Å²) in [5.74, 6) is -0.238. The van der Waals surface area contributed by atoms with E-state index in [1.165, 1.54) is 13.8 Å². The number of Topliss-reactive ketones (excluding diaryl/α,β-unsaturated/α-hetero) is 1. The Morgan fingerprint density at radius 3 is 2.64 bits per heavy atom. The summed E-state index contributed by atoms with van der Waals surface area (Å²) in [5, 5.41) is 9.55. The largest absolute Gasteiger partial charge is 0.382 e. The van der Waals surface area contributed by atoms with Crippen LogP contribution >= 0.6 is 9.24 Å². The van der Waals surface area contributed by atoms with Gasteiger partial charge in [0.2, 0.25) is 0 Å². The van der Waals surface area contributed by atoms with Crippen molar-refractivity contribution in [2.45, 2.75) is 25.6 Å². The number of aliphatic hydroxyl groups is 1. The van der Waals surface area contributed by atoms with Crippen LogP contribution in [-0.2, 0) is 6.16 Å². The number of carbonyl (C=O) groups excluding carboxylic acids is 1. The van der Waals surface area contributed by atoms with Gasteiger partial charge in [-0.2, -0.15) is 0 Å². The van der Waals surface area contributed by atoms with Gasteiger partial charge >= 0.3 is 0 Å². The minimum absolute atomic E-state index is 0.238. The van der Waals surface area contributed by atoms with Crippen LogP contribution in [0.15, 0.2) is 24.3 Å². The molecule has 2 nitrogen and oxygen atoms in total. The minimum atomic E-state index is -1.29. The van der Waals surface area contributed by atoms with Crippen molar-refractivity contribution in [1.29, 1.82) is 0 Å². The van der Waals surface area contributed by atoms with Crippen molar-refractivity contribution >= 4 is 15.0 Å². The molecule has 1 rings (SSSR count). The maximum Gasteiger partial charge on any atom is 0.193 e. The van der Waals surface area contributed by atoms with Crippen LogP contribution in [0.3, 0.4) is 0 Å². The van der Waals surface area contributed by atoms with Crippen molar-refractivity contribution in [2.24, 2.45) is 0 Å². The molecule has 1 aromatic rings. The molecule has 0 aliphatic carbocycles. The first-order chi connectivity index (χ1) is 6.45. The molecule has 0 saturated heterocycles. The lowest BCUT2D eigenvalue weighted by molar-refractivity contribution is 0.0488. The summed E-state index contributed by atoms with van der Waals surface area (Å²) in [7, 11) is 2.61. The zero-order chi connectivity index (χ0) is 10.8. The highest BCUT2D eigenvalue weighted by molar-refractivity contribution is 7.15. The van der Waals surface area contributed by atoms with Gasteiger partial charge in [-0.3, -0.25) is 4.79 Å². The second-order valence-corrected chi connectivity index (χ2v) is 4.20. The molecular weight excluding hydrogens is 195 g/mol. The molecule has 14 heavy (non-hydrogen) atoms. The lowest BCUT2D eigenvalue weighted by Crippen LogP contribution is -2.31. The van der Waals surface area contributed by atoms with Crippen molar-refractivity contribution in [3.05, 3.63) is 35.4 Å². The maximum atomic E-state index is 11.7. The highest BCUT2D eigenvalue weighted by Gasteiger charge is 2.24. The Bertz CT molecular complexity index is 339.